The molecule has 0 N–H and O–H groups in total. The van der Waals surface area contributed by atoms with E-state index in [1.54, 1.807) is 7.05 Å². The fraction of sp³-hybridized carbons (Fsp3) is 0.516. The number of fused-ring (bicyclic) bond motifs is 1. The Morgan fingerprint density at radius 3 is 2.38 bits per heavy atom. The van der Waals surface area contributed by atoms with E-state index in [1.165, 1.54) is 23.1 Å². The predicted molar refractivity (Wildman–Crippen MR) is 150 cm³/mol. The third kappa shape index (κ3) is 5.61. The summed E-state index contributed by atoms with van der Waals surface area (Å²) in [4.78, 5) is 37.6. The number of anilines is 1. The molecule has 2 aliphatic heterocycles. The Morgan fingerprint density at radius 1 is 1.04 bits per heavy atom. The summed E-state index contributed by atoms with van der Waals surface area (Å²) in [5.74, 6) is -2.23. The molecule has 3 aliphatic rings. The number of benzene rings is 1. The number of hydrogen-bond acceptors (Lipinski definition) is 6. The molecule has 3 aromatic rings. The number of likely N-dealkylation sites (tertiary alicyclic amines) is 1. The van der Waals surface area contributed by atoms with Crippen LogP contribution in [0.2, 0.25) is 0 Å². The van der Waals surface area contributed by atoms with E-state index in [1.807, 2.05) is 11.8 Å². The maximum Gasteiger partial charge on any atom is 0.456 e. The van der Waals surface area contributed by atoms with Gasteiger partial charge in [-0.3, -0.25) is 24.2 Å². The van der Waals surface area contributed by atoms with Crippen LogP contribution in [0, 0.1) is 11.8 Å². The van der Waals surface area contributed by atoms with Gasteiger partial charge < -0.3 is 4.90 Å². The molecule has 1 aliphatic carbocycles. The minimum absolute atomic E-state index is 0.195. The van der Waals surface area contributed by atoms with Gasteiger partial charge in [0.1, 0.15) is 12.0 Å². The summed E-state index contributed by atoms with van der Waals surface area (Å²) in [6, 6.07) is 3.67. The van der Waals surface area contributed by atoms with Crippen molar-refractivity contribution in [1.82, 2.24) is 24.6 Å². The van der Waals surface area contributed by atoms with Crippen molar-refractivity contribution in [3.8, 4) is 0 Å². The second kappa shape index (κ2) is 10.9. The number of carbonyl (C=O) groups is 2. The molecule has 0 spiro atoms. The first-order valence-electron chi connectivity index (χ1n) is 14.8. The molecule has 2 aromatic heterocycles. The van der Waals surface area contributed by atoms with Crippen molar-refractivity contribution in [3.63, 3.8) is 0 Å². The molecule has 45 heavy (non-hydrogen) atoms. The maximum absolute atomic E-state index is 14.4. The van der Waals surface area contributed by atoms with Crippen molar-refractivity contribution in [2.24, 2.45) is 18.9 Å². The van der Waals surface area contributed by atoms with E-state index in [9.17, 15) is 35.9 Å². The summed E-state index contributed by atoms with van der Waals surface area (Å²) < 4.78 is 86.0. The van der Waals surface area contributed by atoms with Gasteiger partial charge in [0.15, 0.2) is 5.82 Å². The van der Waals surface area contributed by atoms with E-state index in [-0.39, 0.29) is 29.2 Å². The highest BCUT2D eigenvalue weighted by atomic mass is 19.4. The summed E-state index contributed by atoms with van der Waals surface area (Å²) >= 11 is 0. The molecular weight excluding hydrogens is 602 g/mol. The summed E-state index contributed by atoms with van der Waals surface area (Å²) in [6.07, 6.45) is -4.56. The normalized spacial score (nSPS) is 24.1. The van der Waals surface area contributed by atoms with Crippen molar-refractivity contribution in [3.05, 3.63) is 70.1 Å². The van der Waals surface area contributed by atoms with E-state index in [0.29, 0.717) is 43.2 Å². The molecule has 14 heteroatoms. The maximum atomic E-state index is 14.4. The number of nitrogens with zero attached hydrogens (tertiary/aromatic N) is 6. The Morgan fingerprint density at radius 2 is 1.78 bits per heavy atom. The second-order valence-electron chi connectivity index (χ2n) is 12.8. The molecule has 0 bridgehead atoms. The van der Waals surface area contributed by atoms with Crippen molar-refractivity contribution in [2.75, 3.05) is 18.0 Å². The minimum Gasteiger partial charge on any atom is -0.302 e. The standard InChI is InChI=1S/C31H32F6N6O2/c1-17-5-4-6-42(13-17)14-19-7-21-22(23(8-19)30(32,33)34)15-43(27(21)45)24-9-20(12-38-25(24)26(44)31(35,36)37)29(10-18(2)11-29)28-39-16-41(3)40-28/h7-9,12,16-18H,4-6,10-11,13-15H2,1-3H3/t17-,18?,29?/m0/s1. The highest BCUT2D eigenvalue weighted by Gasteiger charge is 2.50. The van der Waals surface area contributed by atoms with Crippen LogP contribution in [0.5, 0.6) is 0 Å². The van der Waals surface area contributed by atoms with Crippen molar-refractivity contribution < 1.29 is 35.9 Å². The number of piperidine rings is 1. The highest BCUT2D eigenvalue weighted by molar-refractivity contribution is 6.14. The Balaban J connectivity index is 1.45. The van der Waals surface area contributed by atoms with Crippen LogP contribution in [-0.4, -0.2) is 55.6 Å². The molecule has 0 radical (unpaired) electrons. The molecule has 1 aromatic carbocycles. The van der Waals surface area contributed by atoms with Crippen molar-refractivity contribution >= 4 is 17.4 Å². The molecule has 1 amide bonds. The molecule has 6 rings (SSSR count). The summed E-state index contributed by atoms with van der Waals surface area (Å²) in [5.41, 5.74) is -3.37. The lowest BCUT2D eigenvalue weighted by molar-refractivity contribution is -0.138. The van der Waals surface area contributed by atoms with Crippen LogP contribution in [0.3, 0.4) is 0 Å². The van der Waals surface area contributed by atoms with Gasteiger partial charge in [-0.05, 0) is 79.0 Å². The molecule has 2 fully saturated rings. The van der Waals surface area contributed by atoms with E-state index >= 15 is 0 Å². The predicted octanol–water partition coefficient (Wildman–Crippen LogP) is 6.08. The Hall–Kier alpha value is -3.81. The Labute approximate surface area is 255 Å². The summed E-state index contributed by atoms with van der Waals surface area (Å²) in [6.45, 7) is 4.98. The smallest absolute Gasteiger partial charge is 0.302 e. The zero-order chi connectivity index (χ0) is 32.5. The van der Waals surface area contributed by atoms with Crippen LogP contribution in [-0.2, 0) is 31.7 Å². The quantitative estimate of drug-likeness (QED) is 0.242. The number of Topliss-reactive ketones (excluding diaryl/α,β-unsaturated/α-hetero) is 1. The third-order valence-electron chi connectivity index (χ3n) is 9.16. The first-order chi connectivity index (χ1) is 21.1. The monoisotopic (exact) mass is 634 g/mol. The first kappa shape index (κ1) is 31.2. The molecule has 0 unspecified atom stereocenters. The van der Waals surface area contributed by atoms with Gasteiger partial charge in [0.05, 0.1) is 23.2 Å². The Bertz CT molecular complexity index is 1660. The van der Waals surface area contributed by atoms with Crippen LogP contribution in [0.25, 0.3) is 0 Å². The molecule has 1 atom stereocenters. The molecular formula is C31H32F6N6O2. The van der Waals surface area contributed by atoms with Crippen LogP contribution in [0.15, 0.2) is 30.7 Å². The lowest BCUT2D eigenvalue weighted by Gasteiger charge is -2.45. The zero-order valence-corrected chi connectivity index (χ0v) is 25.0. The van der Waals surface area contributed by atoms with E-state index < -0.39 is 52.9 Å². The summed E-state index contributed by atoms with van der Waals surface area (Å²) in [5, 5.41) is 4.41. The van der Waals surface area contributed by atoms with Crippen LogP contribution >= 0.6 is 0 Å². The van der Waals surface area contributed by atoms with Gasteiger partial charge in [-0.25, -0.2) is 4.98 Å². The zero-order valence-electron chi connectivity index (χ0n) is 25.0. The largest absolute Gasteiger partial charge is 0.456 e. The molecule has 1 saturated carbocycles. The van der Waals surface area contributed by atoms with Crippen molar-refractivity contribution in [2.45, 2.75) is 70.4 Å². The first-order valence-corrected chi connectivity index (χ1v) is 14.8. The van der Waals surface area contributed by atoms with Crippen molar-refractivity contribution in [1.29, 1.82) is 0 Å². The Kier molecular flexibility index (Phi) is 7.57. The van der Waals surface area contributed by atoms with Gasteiger partial charge >= 0.3 is 12.4 Å². The van der Waals surface area contributed by atoms with Crippen LogP contribution in [0.4, 0.5) is 32.0 Å². The number of carbonyl (C=O) groups excluding carboxylic acids is 2. The van der Waals surface area contributed by atoms with Gasteiger partial charge in [-0.1, -0.05) is 13.8 Å². The van der Waals surface area contributed by atoms with Gasteiger partial charge in [0.2, 0.25) is 0 Å². The SMILES string of the molecule is CC1CC(c2cnc(C(=O)C(F)(F)F)c(N3Cc4c(cc(CN5CCC[C@H](C)C5)cc4C(F)(F)F)C3=O)c2)(c2ncn(C)n2)C1. The fourth-order valence-electron chi connectivity index (χ4n) is 7.16. The summed E-state index contributed by atoms with van der Waals surface area (Å²) in [7, 11) is 1.67. The number of pyridine rings is 1. The number of aryl methyl sites for hydroxylation is 1. The number of rotatable bonds is 6. The number of hydrogen-bond donors (Lipinski definition) is 0. The molecule has 4 heterocycles. The fourth-order valence-corrected chi connectivity index (χ4v) is 7.16. The topological polar surface area (TPSA) is 84.2 Å². The van der Waals surface area contributed by atoms with Gasteiger partial charge in [0.25, 0.3) is 11.7 Å². The van der Waals surface area contributed by atoms with Gasteiger partial charge in [-0.2, -0.15) is 31.4 Å². The van der Waals surface area contributed by atoms with Gasteiger partial charge in [-0.15, -0.1) is 0 Å². The molecule has 240 valence electrons. The average molecular weight is 635 g/mol. The number of alkyl halides is 6. The van der Waals surface area contributed by atoms with Gasteiger partial charge in [0, 0.05) is 31.9 Å². The lowest BCUT2D eigenvalue weighted by atomic mass is 9.59. The molecule has 8 nitrogen and oxygen atoms in total. The number of halogens is 6. The lowest BCUT2D eigenvalue weighted by Crippen LogP contribution is -2.43. The van der Waals surface area contributed by atoms with E-state index in [4.69, 9.17) is 0 Å². The number of amides is 1. The van der Waals surface area contributed by atoms with E-state index in [2.05, 4.69) is 22.0 Å². The third-order valence-corrected chi connectivity index (χ3v) is 9.16. The second-order valence-corrected chi connectivity index (χ2v) is 12.8. The average Bonchev–Trinajstić information content (AvgIpc) is 3.52. The number of ketones is 1. The molecule has 1 saturated heterocycles. The highest BCUT2D eigenvalue weighted by Crippen LogP contribution is 2.52. The minimum atomic E-state index is -5.33. The number of aromatic nitrogens is 4. The van der Waals surface area contributed by atoms with Crippen LogP contribution in [0.1, 0.15) is 88.5 Å². The van der Waals surface area contributed by atoms with Crippen LogP contribution < -0.4 is 4.90 Å². The van der Waals surface area contributed by atoms with E-state index in [0.717, 1.165) is 30.0 Å².